The lowest BCUT2D eigenvalue weighted by Crippen LogP contribution is -2.53. The van der Waals surface area contributed by atoms with Crippen LogP contribution in [0, 0.1) is 0 Å². The van der Waals surface area contributed by atoms with Crippen molar-refractivity contribution in [3.63, 3.8) is 0 Å². The fourth-order valence-corrected chi connectivity index (χ4v) is 3.55. The minimum Gasteiger partial charge on any atom is -0.357 e. The van der Waals surface area contributed by atoms with Gasteiger partial charge in [-0.15, -0.1) is 0 Å². The van der Waals surface area contributed by atoms with Crippen LogP contribution in [0.15, 0.2) is 11.1 Å². The van der Waals surface area contributed by atoms with Gasteiger partial charge in [0.2, 0.25) is 0 Å². The van der Waals surface area contributed by atoms with Crippen molar-refractivity contribution < 1.29 is 0 Å². The first kappa shape index (κ1) is 21.4. The lowest BCUT2D eigenvalue weighted by atomic mass is 10.2. The lowest BCUT2D eigenvalue weighted by Gasteiger charge is -2.37. The second kappa shape index (κ2) is 10.4. The second-order valence-electron chi connectivity index (χ2n) is 6.73. The molecule has 1 unspecified atom stereocenters. The second-order valence-corrected chi connectivity index (χ2v) is 7.49. The first-order valence-electron chi connectivity index (χ1n) is 9.44. The number of rotatable bonds is 7. The van der Waals surface area contributed by atoms with E-state index in [0.29, 0.717) is 22.8 Å². The summed E-state index contributed by atoms with van der Waals surface area (Å²) in [6.07, 6.45) is 0. The molecule has 1 aliphatic rings. The number of halogens is 2. The van der Waals surface area contributed by atoms with Gasteiger partial charge in [0.25, 0.3) is 0 Å². The Bertz CT molecular complexity index is 593. The maximum absolute atomic E-state index is 6.13. The van der Waals surface area contributed by atoms with Crippen molar-refractivity contribution in [2.24, 2.45) is 12.0 Å². The largest absolute Gasteiger partial charge is 0.357 e. The zero-order valence-electron chi connectivity index (χ0n) is 16.4. The van der Waals surface area contributed by atoms with Crippen LogP contribution in [0.3, 0.4) is 0 Å². The van der Waals surface area contributed by atoms with Crippen LogP contribution in [0.4, 0.5) is 0 Å². The van der Waals surface area contributed by atoms with E-state index in [0.717, 1.165) is 57.5 Å². The van der Waals surface area contributed by atoms with E-state index in [4.69, 9.17) is 23.2 Å². The van der Waals surface area contributed by atoms with Crippen molar-refractivity contribution in [2.45, 2.75) is 33.4 Å². The highest BCUT2D eigenvalue weighted by molar-refractivity contribution is 6.41. The molecule has 0 amide bonds. The molecular weight excluding hydrogens is 371 g/mol. The van der Waals surface area contributed by atoms with Crippen molar-refractivity contribution in [2.75, 3.05) is 45.8 Å². The van der Waals surface area contributed by atoms with E-state index < -0.39 is 0 Å². The summed E-state index contributed by atoms with van der Waals surface area (Å²) in [5.74, 6) is 0.819. The van der Waals surface area contributed by atoms with E-state index in [1.54, 1.807) is 0 Å². The molecule has 1 saturated heterocycles. The Balaban J connectivity index is 1.88. The minimum absolute atomic E-state index is 0.469. The first-order valence-corrected chi connectivity index (χ1v) is 10.2. The van der Waals surface area contributed by atoms with Crippen LogP contribution >= 0.6 is 23.2 Å². The fraction of sp³-hybridized carbons (Fsp3) is 0.722. The van der Waals surface area contributed by atoms with Gasteiger partial charge >= 0.3 is 0 Å². The van der Waals surface area contributed by atoms with Crippen LogP contribution in [-0.2, 0) is 13.6 Å². The highest BCUT2D eigenvalue weighted by Gasteiger charge is 2.20. The molecule has 148 valence electrons. The number of likely N-dealkylation sites (N-methyl/N-ethyl adjacent to an activating group) is 1. The Morgan fingerprint density at radius 3 is 2.42 bits per heavy atom. The molecule has 1 fully saturated rings. The van der Waals surface area contributed by atoms with Gasteiger partial charge in [0.1, 0.15) is 5.15 Å². The van der Waals surface area contributed by atoms with E-state index in [1.807, 2.05) is 17.7 Å². The number of nitrogens with zero attached hydrogens (tertiary/aromatic N) is 4. The van der Waals surface area contributed by atoms with E-state index in [9.17, 15) is 0 Å². The molecule has 1 aliphatic heterocycles. The van der Waals surface area contributed by atoms with Gasteiger partial charge in [-0.3, -0.25) is 4.90 Å². The monoisotopic (exact) mass is 402 g/mol. The van der Waals surface area contributed by atoms with Crippen LogP contribution in [0.5, 0.6) is 0 Å². The molecule has 0 spiro atoms. The summed E-state index contributed by atoms with van der Waals surface area (Å²) in [4.78, 5) is 9.71. The van der Waals surface area contributed by atoms with Gasteiger partial charge in [-0.05, 0) is 26.5 Å². The van der Waals surface area contributed by atoms with E-state index in [2.05, 4.69) is 46.2 Å². The Labute approximate surface area is 167 Å². The molecule has 1 aromatic rings. The number of hydrogen-bond acceptors (Lipinski definition) is 3. The SMILES string of the molecule is CCNC(=NCc1cc(Cl)c(Cl)n1C)NCC(C)N1CCN(CC)CC1. The van der Waals surface area contributed by atoms with E-state index >= 15 is 0 Å². The zero-order chi connectivity index (χ0) is 19.1. The van der Waals surface area contributed by atoms with Crippen LogP contribution in [-0.4, -0.2) is 72.2 Å². The number of aromatic nitrogens is 1. The average Bonchev–Trinajstić information content (AvgIpc) is 2.90. The lowest BCUT2D eigenvalue weighted by molar-refractivity contribution is 0.107. The van der Waals surface area contributed by atoms with Gasteiger partial charge < -0.3 is 20.1 Å². The summed E-state index contributed by atoms with van der Waals surface area (Å²) in [6.45, 7) is 14.5. The molecule has 26 heavy (non-hydrogen) atoms. The number of guanidine groups is 1. The quantitative estimate of drug-likeness (QED) is 0.542. The third-order valence-electron chi connectivity index (χ3n) is 5.00. The Morgan fingerprint density at radius 2 is 1.88 bits per heavy atom. The van der Waals surface area contributed by atoms with Crippen molar-refractivity contribution in [1.82, 2.24) is 25.0 Å². The summed E-state index contributed by atoms with van der Waals surface area (Å²) in [6, 6.07) is 2.34. The number of piperazine rings is 1. The Hall–Kier alpha value is -0.950. The third kappa shape index (κ3) is 5.78. The topological polar surface area (TPSA) is 47.8 Å². The molecule has 6 nitrogen and oxygen atoms in total. The standard InChI is InChI=1S/C18H32Cl2N6/c1-5-21-18(23-13-15-11-16(19)17(20)24(15)4)22-12-14(3)26-9-7-25(6-2)8-10-26/h11,14H,5-10,12-13H2,1-4H3,(H2,21,22,23). The smallest absolute Gasteiger partial charge is 0.191 e. The van der Waals surface area contributed by atoms with Crippen molar-refractivity contribution in [3.8, 4) is 0 Å². The highest BCUT2D eigenvalue weighted by atomic mass is 35.5. The molecule has 0 aromatic carbocycles. The fourth-order valence-electron chi connectivity index (χ4n) is 3.14. The third-order valence-corrected chi connectivity index (χ3v) is 5.84. The maximum atomic E-state index is 6.13. The summed E-state index contributed by atoms with van der Waals surface area (Å²) < 4.78 is 1.87. The first-order chi connectivity index (χ1) is 12.5. The van der Waals surface area contributed by atoms with Crippen molar-refractivity contribution in [3.05, 3.63) is 21.9 Å². The molecule has 8 heteroatoms. The molecule has 2 rings (SSSR count). The van der Waals surface area contributed by atoms with E-state index in [1.165, 1.54) is 0 Å². The molecule has 2 N–H and O–H groups in total. The predicted molar refractivity (Wildman–Crippen MR) is 111 cm³/mol. The molecular formula is C18H32Cl2N6. The van der Waals surface area contributed by atoms with Gasteiger partial charge in [0.05, 0.1) is 11.6 Å². The van der Waals surface area contributed by atoms with Crippen molar-refractivity contribution in [1.29, 1.82) is 0 Å². The molecule has 1 aromatic heterocycles. The van der Waals surface area contributed by atoms with Crippen LogP contribution < -0.4 is 10.6 Å². The Kier molecular flexibility index (Phi) is 8.54. The maximum Gasteiger partial charge on any atom is 0.191 e. The van der Waals surface area contributed by atoms with Gasteiger partial charge in [-0.2, -0.15) is 0 Å². The minimum atomic E-state index is 0.469. The number of nitrogens with one attached hydrogen (secondary N) is 2. The van der Waals surface area contributed by atoms with Crippen molar-refractivity contribution >= 4 is 29.2 Å². The van der Waals surface area contributed by atoms with Gasteiger partial charge in [-0.1, -0.05) is 30.1 Å². The summed E-state index contributed by atoms with van der Waals surface area (Å²) in [5.41, 5.74) is 0.987. The van der Waals surface area contributed by atoms with Gasteiger partial charge in [0.15, 0.2) is 5.96 Å². The normalized spacial score (nSPS) is 18.2. The van der Waals surface area contributed by atoms with Gasteiger partial charge in [-0.25, -0.2) is 4.99 Å². The molecule has 2 heterocycles. The molecule has 0 radical (unpaired) electrons. The molecule has 1 atom stereocenters. The molecule has 0 bridgehead atoms. The number of hydrogen-bond donors (Lipinski definition) is 2. The predicted octanol–water partition coefficient (Wildman–Crippen LogP) is 2.41. The average molecular weight is 403 g/mol. The Morgan fingerprint density at radius 1 is 1.19 bits per heavy atom. The highest BCUT2D eigenvalue weighted by Crippen LogP contribution is 2.25. The van der Waals surface area contributed by atoms with Crippen LogP contribution in [0.25, 0.3) is 0 Å². The van der Waals surface area contributed by atoms with Crippen LogP contribution in [0.2, 0.25) is 10.2 Å². The summed E-state index contributed by atoms with van der Waals surface area (Å²) in [5, 5.41) is 7.89. The molecule has 0 saturated carbocycles. The van der Waals surface area contributed by atoms with Crippen LogP contribution in [0.1, 0.15) is 26.5 Å². The van der Waals surface area contributed by atoms with Gasteiger partial charge in [0, 0.05) is 58.1 Å². The zero-order valence-corrected chi connectivity index (χ0v) is 17.9. The summed E-state index contributed by atoms with van der Waals surface area (Å²) in [7, 11) is 1.90. The molecule has 0 aliphatic carbocycles. The summed E-state index contributed by atoms with van der Waals surface area (Å²) >= 11 is 12.2. The van der Waals surface area contributed by atoms with E-state index in [-0.39, 0.29) is 0 Å². The number of aliphatic imine (C=N–C) groups is 1.